The second-order valence-corrected chi connectivity index (χ2v) is 6.12. The summed E-state index contributed by atoms with van der Waals surface area (Å²) in [5, 5.41) is 3.01. The second-order valence-electron chi connectivity index (χ2n) is 6.12. The number of benzene rings is 2. The zero-order chi connectivity index (χ0) is 14.8. The fourth-order valence-electron chi connectivity index (χ4n) is 2.15. The van der Waals surface area contributed by atoms with Crippen LogP contribution in [0.2, 0.25) is 0 Å². The molecular weight excluding hydrogens is 246 g/mol. The number of amides is 1. The van der Waals surface area contributed by atoms with E-state index < -0.39 is 0 Å². The minimum absolute atomic E-state index is 0.00283. The average molecular weight is 267 g/mol. The monoisotopic (exact) mass is 267 g/mol. The summed E-state index contributed by atoms with van der Waals surface area (Å²) in [6, 6.07) is 15.6. The molecule has 2 aromatic rings. The van der Waals surface area contributed by atoms with E-state index in [4.69, 9.17) is 0 Å². The highest BCUT2D eigenvalue weighted by molar-refractivity contribution is 6.04. The summed E-state index contributed by atoms with van der Waals surface area (Å²) in [7, 11) is 0. The summed E-state index contributed by atoms with van der Waals surface area (Å²) < 4.78 is 0. The molecule has 0 heterocycles. The first-order chi connectivity index (χ1) is 9.38. The van der Waals surface area contributed by atoms with Gasteiger partial charge in [-0.25, -0.2) is 0 Å². The van der Waals surface area contributed by atoms with Gasteiger partial charge in [0.1, 0.15) is 0 Å². The van der Waals surface area contributed by atoms with E-state index in [2.05, 4.69) is 32.2 Å². The van der Waals surface area contributed by atoms with Crippen LogP contribution in [0.15, 0.2) is 48.5 Å². The number of rotatable bonds is 2. The van der Waals surface area contributed by atoms with Crippen molar-refractivity contribution in [1.29, 1.82) is 0 Å². The standard InChI is InChI=1S/C18H21NO/c1-13-9-11-14(12-10-13)17(20)19-16-8-6-5-7-15(16)18(2,3)4/h5-12H,1-4H3,(H,19,20). The zero-order valence-corrected chi connectivity index (χ0v) is 12.5. The Bertz CT molecular complexity index is 606. The summed E-state index contributed by atoms with van der Waals surface area (Å²) in [6.45, 7) is 8.44. The number of anilines is 1. The Morgan fingerprint density at radius 3 is 2.15 bits per heavy atom. The molecule has 0 atom stereocenters. The van der Waals surface area contributed by atoms with Gasteiger partial charge in [-0.15, -0.1) is 0 Å². The molecule has 0 aliphatic rings. The molecule has 0 aromatic heterocycles. The van der Waals surface area contributed by atoms with Crippen LogP contribution < -0.4 is 5.32 Å². The summed E-state index contributed by atoms with van der Waals surface area (Å²) in [4.78, 5) is 12.3. The van der Waals surface area contributed by atoms with Crippen molar-refractivity contribution in [3.8, 4) is 0 Å². The molecule has 2 heteroatoms. The van der Waals surface area contributed by atoms with Gasteiger partial charge in [0, 0.05) is 11.3 Å². The summed E-state index contributed by atoms with van der Waals surface area (Å²) >= 11 is 0. The third kappa shape index (κ3) is 3.27. The topological polar surface area (TPSA) is 29.1 Å². The quantitative estimate of drug-likeness (QED) is 0.850. The molecule has 0 fully saturated rings. The lowest BCUT2D eigenvalue weighted by Gasteiger charge is -2.23. The van der Waals surface area contributed by atoms with Gasteiger partial charge in [0.15, 0.2) is 0 Å². The van der Waals surface area contributed by atoms with Gasteiger partial charge < -0.3 is 5.32 Å². The van der Waals surface area contributed by atoms with Crippen molar-refractivity contribution in [2.45, 2.75) is 33.1 Å². The fourth-order valence-corrected chi connectivity index (χ4v) is 2.15. The first-order valence-electron chi connectivity index (χ1n) is 6.85. The third-order valence-electron chi connectivity index (χ3n) is 3.30. The molecule has 2 rings (SSSR count). The number of carbonyl (C=O) groups excluding carboxylic acids is 1. The van der Waals surface area contributed by atoms with E-state index in [0.717, 1.165) is 16.8 Å². The molecule has 2 aromatic carbocycles. The third-order valence-corrected chi connectivity index (χ3v) is 3.30. The highest BCUT2D eigenvalue weighted by Crippen LogP contribution is 2.29. The van der Waals surface area contributed by atoms with E-state index in [1.165, 1.54) is 0 Å². The Balaban J connectivity index is 2.26. The number of nitrogens with one attached hydrogen (secondary N) is 1. The Kier molecular flexibility index (Phi) is 3.93. The van der Waals surface area contributed by atoms with Crippen molar-refractivity contribution in [1.82, 2.24) is 0 Å². The smallest absolute Gasteiger partial charge is 0.255 e. The Morgan fingerprint density at radius 2 is 1.55 bits per heavy atom. The van der Waals surface area contributed by atoms with Crippen LogP contribution >= 0.6 is 0 Å². The maximum Gasteiger partial charge on any atom is 0.255 e. The van der Waals surface area contributed by atoms with Gasteiger partial charge in [-0.05, 0) is 36.1 Å². The van der Waals surface area contributed by atoms with Crippen LogP contribution in [-0.2, 0) is 5.41 Å². The van der Waals surface area contributed by atoms with E-state index in [1.54, 1.807) is 0 Å². The van der Waals surface area contributed by atoms with Crippen molar-refractivity contribution < 1.29 is 4.79 Å². The molecule has 0 spiro atoms. The van der Waals surface area contributed by atoms with Gasteiger partial charge in [0.2, 0.25) is 0 Å². The van der Waals surface area contributed by atoms with Crippen LogP contribution in [0.1, 0.15) is 42.3 Å². The molecule has 2 nitrogen and oxygen atoms in total. The highest BCUT2D eigenvalue weighted by Gasteiger charge is 2.18. The lowest BCUT2D eigenvalue weighted by molar-refractivity contribution is 0.102. The molecule has 1 N–H and O–H groups in total. The zero-order valence-electron chi connectivity index (χ0n) is 12.5. The Morgan fingerprint density at radius 1 is 0.950 bits per heavy atom. The predicted octanol–water partition coefficient (Wildman–Crippen LogP) is 4.54. The predicted molar refractivity (Wildman–Crippen MR) is 84.3 cm³/mol. The first kappa shape index (κ1) is 14.3. The lowest BCUT2D eigenvalue weighted by atomic mass is 9.86. The van der Waals surface area contributed by atoms with Gasteiger partial charge in [-0.1, -0.05) is 56.7 Å². The molecule has 104 valence electrons. The maximum absolute atomic E-state index is 12.3. The summed E-state index contributed by atoms with van der Waals surface area (Å²) in [5.74, 6) is -0.0679. The molecule has 0 aliphatic carbocycles. The van der Waals surface area contributed by atoms with E-state index >= 15 is 0 Å². The number of carbonyl (C=O) groups is 1. The Labute approximate surface area is 120 Å². The van der Waals surface area contributed by atoms with Crippen LogP contribution in [0.25, 0.3) is 0 Å². The fraction of sp³-hybridized carbons (Fsp3) is 0.278. The minimum Gasteiger partial charge on any atom is -0.322 e. The first-order valence-corrected chi connectivity index (χ1v) is 6.85. The summed E-state index contributed by atoms with van der Waals surface area (Å²) in [6.07, 6.45) is 0. The van der Waals surface area contributed by atoms with E-state index in [9.17, 15) is 4.79 Å². The molecule has 0 saturated heterocycles. The van der Waals surface area contributed by atoms with Crippen molar-refractivity contribution in [2.75, 3.05) is 5.32 Å². The minimum atomic E-state index is -0.0679. The molecule has 20 heavy (non-hydrogen) atoms. The van der Waals surface area contributed by atoms with Gasteiger partial charge in [-0.2, -0.15) is 0 Å². The van der Waals surface area contributed by atoms with Crippen LogP contribution in [0.4, 0.5) is 5.69 Å². The van der Waals surface area contributed by atoms with Gasteiger partial charge in [0.05, 0.1) is 0 Å². The van der Waals surface area contributed by atoms with Crippen molar-refractivity contribution >= 4 is 11.6 Å². The van der Waals surface area contributed by atoms with Crippen LogP contribution in [0.3, 0.4) is 0 Å². The van der Waals surface area contributed by atoms with Crippen molar-refractivity contribution in [3.63, 3.8) is 0 Å². The van der Waals surface area contributed by atoms with E-state index in [-0.39, 0.29) is 11.3 Å². The van der Waals surface area contributed by atoms with E-state index in [1.807, 2.05) is 49.4 Å². The number of aryl methyl sites for hydroxylation is 1. The molecular formula is C18H21NO. The highest BCUT2D eigenvalue weighted by atomic mass is 16.1. The number of hydrogen-bond donors (Lipinski definition) is 1. The van der Waals surface area contributed by atoms with Gasteiger partial charge in [-0.3, -0.25) is 4.79 Å². The molecule has 0 aliphatic heterocycles. The largest absolute Gasteiger partial charge is 0.322 e. The number of hydrogen-bond acceptors (Lipinski definition) is 1. The van der Waals surface area contributed by atoms with Gasteiger partial charge >= 0.3 is 0 Å². The van der Waals surface area contributed by atoms with Crippen LogP contribution in [0.5, 0.6) is 0 Å². The second kappa shape index (κ2) is 5.49. The molecule has 0 unspecified atom stereocenters. The lowest BCUT2D eigenvalue weighted by Crippen LogP contribution is -2.18. The van der Waals surface area contributed by atoms with E-state index in [0.29, 0.717) is 5.56 Å². The van der Waals surface area contributed by atoms with Crippen LogP contribution in [0, 0.1) is 6.92 Å². The average Bonchev–Trinajstić information content (AvgIpc) is 2.38. The molecule has 0 saturated carbocycles. The van der Waals surface area contributed by atoms with Crippen molar-refractivity contribution in [3.05, 3.63) is 65.2 Å². The normalized spacial score (nSPS) is 11.2. The van der Waals surface area contributed by atoms with Crippen molar-refractivity contribution in [2.24, 2.45) is 0 Å². The number of para-hydroxylation sites is 1. The molecule has 0 radical (unpaired) electrons. The summed E-state index contributed by atoms with van der Waals surface area (Å²) in [5.41, 5.74) is 3.85. The SMILES string of the molecule is Cc1ccc(C(=O)Nc2ccccc2C(C)(C)C)cc1. The van der Waals surface area contributed by atoms with Crippen LogP contribution in [-0.4, -0.2) is 5.91 Å². The maximum atomic E-state index is 12.3. The molecule has 0 bridgehead atoms. The van der Waals surface area contributed by atoms with Gasteiger partial charge in [0.25, 0.3) is 5.91 Å². The Hall–Kier alpha value is -2.09. The molecule has 1 amide bonds.